The summed E-state index contributed by atoms with van der Waals surface area (Å²) in [6.07, 6.45) is 11.8. The third-order valence-corrected chi connectivity index (χ3v) is 9.23. The van der Waals surface area contributed by atoms with Gasteiger partial charge in [0, 0.05) is 0 Å². The van der Waals surface area contributed by atoms with Crippen LogP contribution in [-0.2, 0) is 4.79 Å². The third-order valence-electron chi connectivity index (χ3n) is 9.23. The molecular formula is C22H34O2. The van der Waals surface area contributed by atoms with E-state index in [4.69, 9.17) is 0 Å². The Morgan fingerprint density at radius 3 is 2.33 bits per heavy atom. The van der Waals surface area contributed by atoms with Gasteiger partial charge >= 0.3 is 5.97 Å². The molecule has 134 valence electrons. The van der Waals surface area contributed by atoms with Crippen LogP contribution in [0.5, 0.6) is 0 Å². The highest BCUT2D eigenvalue weighted by Crippen LogP contribution is 2.74. The second-order valence-corrected chi connectivity index (χ2v) is 9.96. The van der Waals surface area contributed by atoms with Gasteiger partial charge in [0.25, 0.3) is 0 Å². The van der Waals surface area contributed by atoms with Gasteiger partial charge in [0.15, 0.2) is 0 Å². The topological polar surface area (TPSA) is 37.3 Å². The summed E-state index contributed by atoms with van der Waals surface area (Å²) in [7, 11) is 0. The lowest BCUT2D eigenvalue weighted by molar-refractivity contribution is -0.196. The molecule has 2 unspecified atom stereocenters. The van der Waals surface area contributed by atoms with Gasteiger partial charge in [-0.15, -0.1) is 6.58 Å². The molecule has 1 N–H and O–H groups in total. The zero-order chi connectivity index (χ0) is 18.0. The molecule has 2 fully saturated rings. The van der Waals surface area contributed by atoms with Crippen LogP contribution >= 0.6 is 0 Å². The molecule has 2 saturated carbocycles. The fourth-order valence-corrected chi connectivity index (χ4v) is 6.48. The number of allylic oxidation sites excluding steroid dienone is 3. The summed E-state index contributed by atoms with van der Waals surface area (Å²) in [4.78, 5) is 12.3. The van der Waals surface area contributed by atoms with Gasteiger partial charge in [0.2, 0.25) is 0 Å². The van der Waals surface area contributed by atoms with Crippen LogP contribution in [0.25, 0.3) is 0 Å². The number of fused-ring (bicyclic) bond motifs is 3. The standard InChI is InChI=1S/C22H34O2/c1-7-18(2)13-14-19(3)16(15-18)9-12-22(6)20(4,17(23)24)10-8-11-21(19,22)5/h7,9H,1,8,10-15H2,2-6H3,(H,23,24)/t18-,19?,20-,21+,22?/m0/s1. The van der Waals surface area contributed by atoms with Gasteiger partial charge in [-0.2, -0.15) is 0 Å². The first-order valence-corrected chi connectivity index (χ1v) is 9.55. The van der Waals surface area contributed by atoms with Gasteiger partial charge in [-0.05, 0) is 67.1 Å². The maximum absolute atomic E-state index is 12.3. The Morgan fingerprint density at radius 2 is 1.75 bits per heavy atom. The van der Waals surface area contributed by atoms with Crippen LogP contribution in [-0.4, -0.2) is 11.1 Å². The summed E-state index contributed by atoms with van der Waals surface area (Å²) in [6.45, 7) is 15.5. The van der Waals surface area contributed by atoms with E-state index < -0.39 is 11.4 Å². The van der Waals surface area contributed by atoms with E-state index in [0.29, 0.717) is 0 Å². The van der Waals surface area contributed by atoms with Crippen LogP contribution in [0.15, 0.2) is 24.3 Å². The highest BCUT2D eigenvalue weighted by atomic mass is 16.4. The largest absolute Gasteiger partial charge is 0.481 e. The molecule has 0 aromatic carbocycles. The van der Waals surface area contributed by atoms with Crippen molar-refractivity contribution in [2.75, 3.05) is 0 Å². The van der Waals surface area contributed by atoms with E-state index in [0.717, 1.165) is 44.9 Å². The van der Waals surface area contributed by atoms with Crippen molar-refractivity contribution in [3.63, 3.8) is 0 Å². The fraction of sp³-hybridized carbons (Fsp3) is 0.773. The zero-order valence-electron chi connectivity index (χ0n) is 16.2. The van der Waals surface area contributed by atoms with E-state index in [1.54, 1.807) is 5.57 Å². The Balaban J connectivity index is 2.14. The van der Waals surface area contributed by atoms with Gasteiger partial charge in [0.1, 0.15) is 0 Å². The Kier molecular flexibility index (Phi) is 3.69. The van der Waals surface area contributed by atoms with Gasteiger partial charge in [-0.1, -0.05) is 51.8 Å². The Labute approximate surface area is 147 Å². The van der Waals surface area contributed by atoms with Crippen molar-refractivity contribution in [1.82, 2.24) is 0 Å². The van der Waals surface area contributed by atoms with Crippen LogP contribution in [0.1, 0.15) is 79.6 Å². The molecule has 0 bridgehead atoms. The van der Waals surface area contributed by atoms with Gasteiger partial charge in [-0.25, -0.2) is 0 Å². The molecule has 3 aliphatic carbocycles. The predicted octanol–water partition coefficient (Wildman–Crippen LogP) is 5.99. The first-order valence-electron chi connectivity index (χ1n) is 9.55. The van der Waals surface area contributed by atoms with Gasteiger partial charge < -0.3 is 5.11 Å². The molecule has 3 rings (SSSR count). The molecule has 0 amide bonds. The second kappa shape index (κ2) is 4.99. The Morgan fingerprint density at radius 1 is 1.08 bits per heavy atom. The minimum Gasteiger partial charge on any atom is -0.481 e. The first kappa shape index (κ1) is 17.8. The quantitative estimate of drug-likeness (QED) is 0.632. The van der Waals surface area contributed by atoms with Crippen LogP contribution in [0, 0.1) is 27.1 Å². The van der Waals surface area contributed by atoms with Crippen molar-refractivity contribution in [3.05, 3.63) is 24.3 Å². The van der Waals surface area contributed by atoms with E-state index in [1.165, 1.54) is 0 Å². The van der Waals surface area contributed by atoms with E-state index in [9.17, 15) is 9.90 Å². The second-order valence-electron chi connectivity index (χ2n) is 9.96. The molecule has 0 aromatic rings. The average molecular weight is 331 g/mol. The maximum Gasteiger partial charge on any atom is 0.309 e. The lowest BCUT2D eigenvalue weighted by Crippen LogP contribution is -2.64. The normalized spacial score (nSPS) is 51.1. The minimum absolute atomic E-state index is 0.0397. The van der Waals surface area contributed by atoms with Crippen LogP contribution in [0.3, 0.4) is 0 Å². The van der Waals surface area contributed by atoms with Crippen molar-refractivity contribution >= 4 is 5.97 Å². The van der Waals surface area contributed by atoms with E-state index in [2.05, 4.69) is 46.4 Å². The monoisotopic (exact) mass is 330 g/mol. The molecule has 0 spiro atoms. The smallest absolute Gasteiger partial charge is 0.309 e. The number of carboxylic acid groups (broad SMARTS) is 1. The van der Waals surface area contributed by atoms with Crippen LogP contribution in [0.2, 0.25) is 0 Å². The van der Waals surface area contributed by atoms with E-state index in [1.807, 2.05) is 6.92 Å². The van der Waals surface area contributed by atoms with Crippen molar-refractivity contribution in [3.8, 4) is 0 Å². The molecule has 5 atom stereocenters. The molecular weight excluding hydrogens is 296 g/mol. The molecule has 3 aliphatic rings. The van der Waals surface area contributed by atoms with Gasteiger partial charge in [0.05, 0.1) is 5.41 Å². The van der Waals surface area contributed by atoms with Crippen molar-refractivity contribution in [2.45, 2.75) is 79.6 Å². The number of aliphatic carboxylic acids is 1. The molecule has 0 radical (unpaired) electrons. The van der Waals surface area contributed by atoms with Crippen LogP contribution in [0.4, 0.5) is 0 Å². The lowest BCUT2D eigenvalue weighted by Gasteiger charge is -2.69. The highest BCUT2D eigenvalue weighted by molar-refractivity contribution is 5.76. The summed E-state index contributed by atoms with van der Waals surface area (Å²) in [5, 5.41) is 10.1. The number of carbonyl (C=O) groups is 1. The number of carboxylic acids is 1. The summed E-state index contributed by atoms with van der Waals surface area (Å²) < 4.78 is 0. The van der Waals surface area contributed by atoms with E-state index >= 15 is 0 Å². The molecule has 24 heavy (non-hydrogen) atoms. The van der Waals surface area contributed by atoms with Crippen LogP contribution < -0.4 is 0 Å². The average Bonchev–Trinajstić information content (AvgIpc) is 2.52. The minimum atomic E-state index is -0.635. The zero-order valence-corrected chi connectivity index (χ0v) is 16.2. The molecule has 2 nitrogen and oxygen atoms in total. The Hall–Kier alpha value is -1.05. The molecule has 0 heterocycles. The lowest BCUT2D eigenvalue weighted by atomic mass is 9.34. The highest BCUT2D eigenvalue weighted by Gasteiger charge is 2.68. The maximum atomic E-state index is 12.3. The predicted molar refractivity (Wildman–Crippen MR) is 98.8 cm³/mol. The molecule has 2 heteroatoms. The van der Waals surface area contributed by atoms with Crippen molar-refractivity contribution in [1.29, 1.82) is 0 Å². The summed E-state index contributed by atoms with van der Waals surface area (Å²) >= 11 is 0. The SMILES string of the molecule is C=C[C@@]1(C)CCC2(C)C(=CCC3(C)[C@]2(C)CCC[C@@]3(C)C(=O)O)C1. The van der Waals surface area contributed by atoms with Crippen molar-refractivity contribution in [2.24, 2.45) is 27.1 Å². The summed E-state index contributed by atoms with van der Waals surface area (Å²) in [5.74, 6) is -0.608. The number of hydrogen-bond donors (Lipinski definition) is 1. The van der Waals surface area contributed by atoms with Crippen molar-refractivity contribution < 1.29 is 9.90 Å². The summed E-state index contributed by atoms with van der Waals surface area (Å²) in [5.41, 5.74) is 1.08. The van der Waals surface area contributed by atoms with Gasteiger partial charge in [-0.3, -0.25) is 4.79 Å². The first-order chi connectivity index (χ1) is 11.0. The molecule has 0 saturated heterocycles. The summed E-state index contributed by atoms with van der Waals surface area (Å²) in [6, 6.07) is 0. The third kappa shape index (κ3) is 1.86. The van der Waals surface area contributed by atoms with E-state index in [-0.39, 0.29) is 21.7 Å². The number of rotatable bonds is 2. The Bertz CT molecular complexity index is 619. The fourth-order valence-electron chi connectivity index (χ4n) is 6.48. The number of hydrogen-bond acceptors (Lipinski definition) is 1. The molecule has 0 aliphatic heterocycles. The molecule has 0 aromatic heterocycles.